The molecule has 0 spiro atoms. The summed E-state index contributed by atoms with van der Waals surface area (Å²) < 4.78 is 67.4. The maximum Gasteiger partial charge on any atom is 0.358 e. The molecule has 0 amide bonds. The number of nitrogens with one attached hydrogen (secondary N) is 2. The third-order valence-corrected chi connectivity index (χ3v) is 4.97. The lowest BCUT2D eigenvalue weighted by Crippen LogP contribution is -2.14. The SMILES string of the molecule is Cc1ncc(-c2cc(C(=O)O)cc(-c3cnc(C)nc3NS(=O)(=O)O)c2)c(NS(=O)(=O)O)n1. The smallest absolute Gasteiger partial charge is 0.358 e. The lowest BCUT2D eigenvalue weighted by atomic mass is 9.97. The second-order valence-electron chi connectivity index (χ2n) is 6.62. The Morgan fingerprint density at radius 1 is 0.788 bits per heavy atom. The van der Waals surface area contributed by atoms with Gasteiger partial charge in [0.1, 0.15) is 11.6 Å². The van der Waals surface area contributed by atoms with Crippen molar-refractivity contribution in [1.29, 1.82) is 0 Å². The molecule has 3 rings (SSSR count). The number of aryl methyl sites for hydroxylation is 2. The Hall–Kier alpha value is -3.73. The summed E-state index contributed by atoms with van der Waals surface area (Å²) in [5.74, 6) is -1.69. The van der Waals surface area contributed by atoms with E-state index in [2.05, 4.69) is 19.9 Å². The number of carboxylic acid groups (broad SMARTS) is 1. The van der Waals surface area contributed by atoms with Crippen LogP contribution in [0.1, 0.15) is 22.0 Å². The topological polar surface area (TPSA) is 222 Å². The number of rotatable bonds is 7. The van der Waals surface area contributed by atoms with E-state index in [9.17, 15) is 35.8 Å². The van der Waals surface area contributed by atoms with Crippen molar-refractivity contribution in [2.75, 3.05) is 9.44 Å². The van der Waals surface area contributed by atoms with Crippen LogP contribution < -0.4 is 9.44 Å². The normalized spacial score (nSPS) is 11.8. The number of carboxylic acids is 1. The van der Waals surface area contributed by atoms with Gasteiger partial charge >= 0.3 is 26.6 Å². The largest absolute Gasteiger partial charge is 0.478 e. The van der Waals surface area contributed by atoms with Crippen molar-refractivity contribution in [2.45, 2.75) is 13.8 Å². The van der Waals surface area contributed by atoms with Gasteiger partial charge in [-0.2, -0.15) is 16.8 Å². The fourth-order valence-electron chi connectivity index (χ4n) is 2.82. The molecule has 0 aliphatic heterocycles. The van der Waals surface area contributed by atoms with Crippen LogP contribution in [0.25, 0.3) is 22.3 Å². The highest BCUT2D eigenvalue weighted by molar-refractivity contribution is 7.87. The molecule has 0 fully saturated rings. The van der Waals surface area contributed by atoms with Gasteiger partial charge in [-0.3, -0.25) is 9.11 Å². The lowest BCUT2D eigenvalue weighted by molar-refractivity contribution is 0.0697. The molecular weight excluding hydrogens is 480 g/mol. The Morgan fingerprint density at radius 3 is 1.52 bits per heavy atom. The number of nitrogens with zero attached hydrogens (tertiary/aromatic N) is 4. The van der Waals surface area contributed by atoms with Crippen molar-refractivity contribution < 1.29 is 35.8 Å². The minimum Gasteiger partial charge on any atom is -0.478 e. The van der Waals surface area contributed by atoms with Crippen LogP contribution >= 0.6 is 0 Å². The Balaban J connectivity index is 2.29. The predicted molar refractivity (Wildman–Crippen MR) is 115 cm³/mol. The van der Waals surface area contributed by atoms with Crippen molar-refractivity contribution in [2.24, 2.45) is 0 Å². The number of hydrogen-bond donors (Lipinski definition) is 5. The first-order valence-corrected chi connectivity index (χ1v) is 11.7. The molecule has 14 nitrogen and oxygen atoms in total. The zero-order chi connectivity index (χ0) is 24.6. The van der Waals surface area contributed by atoms with Crippen LogP contribution in [-0.2, 0) is 20.6 Å². The van der Waals surface area contributed by atoms with Crippen LogP contribution in [0.15, 0.2) is 30.6 Å². The molecule has 2 heterocycles. The van der Waals surface area contributed by atoms with Gasteiger partial charge in [-0.25, -0.2) is 34.2 Å². The lowest BCUT2D eigenvalue weighted by Gasteiger charge is -2.14. The van der Waals surface area contributed by atoms with Gasteiger partial charge in [0.15, 0.2) is 11.6 Å². The molecule has 2 aromatic heterocycles. The Kier molecular flexibility index (Phi) is 6.28. The van der Waals surface area contributed by atoms with Gasteiger partial charge in [-0.05, 0) is 43.2 Å². The first-order chi connectivity index (χ1) is 15.2. The Morgan fingerprint density at radius 2 is 1.18 bits per heavy atom. The highest BCUT2D eigenvalue weighted by atomic mass is 32.2. The number of aromatic carboxylic acids is 1. The average Bonchev–Trinajstić information content (AvgIpc) is 2.65. The quantitative estimate of drug-likeness (QED) is 0.292. The highest BCUT2D eigenvalue weighted by Gasteiger charge is 2.19. The zero-order valence-electron chi connectivity index (χ0n) is 16.9. The van der Waals surface area contributed by atoms with E-state index in [-0.39, 0.29) is 51.1 Å². The molecule has 3 aromatic rings. The first kappa shape index (κ1) is 23.9. The van der Waals surface area contributed by atoms with E-state index in [1.165, 1.54) is 44.4 Å². The summed E-state index contributed by atoms with van der Waals surface area (Å²) in [5, 5.41) is 9.56. The van der Waals surface area contributed by atoms with Gasteiger partial charge in [-0.15, -0.1) is 0 Å². The molecular formula is C17H16N6O8S2. The molecule has 0 saturated heterocycles. The van der Waals surface area contributed by atoms with E-state index >= 15 is 0 Å². The zero-order valence-corrected chi connectivity index (χ0v) is 18.5. The third kappa shape index (κ3) is 6.16. The maximum absolute atomic E-state index is 11.7. The van der Waals surface area contributed by atoms with E-state index in [4.69, 9.17) is 0 Å². The number of hydrogen-bond acceptors (Lipinski definition) is 9. The van der Waals surface area contributed by atoms with Crippen LogP contribution in [0, 0.1) is 13.8 Å². The second-order valence-corrected chi connectivity index (χ2v) is 8.93. The van der Waals surface area contributed by atoms with Gasteiger partial charge in [0.25, 0.3) is 0 Å². The van der Waals surface area contributed by atoms with Gasteiger partial charge < -0.3 is 5.11 Å². The molecule has 0 aliphatic carbocycles. The summed E-state index contributed by atoms with van der Waals surface area (Å²) in [5.41, 5.74) is -0.0251. The van der Waals surface area contributed by atoms with E-state index in [0.717, 1.165) is 0 Å². The van der Waals surface area contributed by atoms with Crippen LogP contribution in [0.2, 0.25) is 0 Å². The first-order valence-electron chi connectivity index (χ1n) is 8.79. The van der Waals surface area contributed by atoms with E-state index in [1.807, 2.05) is 9.44 Å². The Bertz CT molecular complexity index is 1370. The molecule has 0 atom stereocenters. The molecule has 0 unspecified atom stereocenters. The van der Waals surface area contributed by atoms with Crippen molar-refractivity contribution in [1.82, 2.24) is 19.9 Å². The molecule has 0 aliphatic rings. The molecule has 16 heteroatoms. The fraction of sp³-hybridized carbons (Fsp3) is 0.118. The summed E-state index contributed by atoms with van der Waals surface area (Å²) in [7, 11) is -9.45. The van der Waals surface area contributed by atoms with Crippen molar-refractivity contribution in [3.63, 3.8) is 0 Å². The Labute approximate surface area is 187 Å². The molecule has 1 aromatic carbocycles. The maximum atomic E-state index is 11.7. The predicted octanol–water partition coefficient (Wildman–Crippen LogP) is 1.35. The van der Waals surface area contributed by atoms with Crippen molar-refractivity contribution in [3.05, 3.63) is 47.8 Å². The second kappa shape index (κ2) is 8.66. The van der Waals surface area contributed by atoms with Crippen LogP contribution in [-0.4, -0.2) is 57.0 Å². The number of aromatic nitrogens is 4. The number of carbonyl (C=O) groups is 1. The van der Waals surface area contributed by atoms with Gasteiger partial charge in [0.05, 0.1) is 5.56 Å². The summed E-state index contributed by atoms with van der Waals surface area (Å²) >= 11 is 0. The molecule has 33 heavy (non-hydrogen) atoms. The minimum absolute atomic E-state index is 0.0138. The molecule has 5 N–H and O–H groups in total. The fourth-order valence-corrected chi connectivity index (χ4v) is 3.62. The molecule has 0 bridgehead atoms. The standard InChI is InChI=1S/C17H16N6O8S2/c1-8-18-6-13(15(20-8)22-32(26,27)28)10-3-11(5-12(4-10)17(24)25)14-7-19-9(2)21-16(14)23-33(29,30)31/h3-7H,1-2H3,(H,24,25)(H,18,20,22)(H,19,21,23)(H,26,27,28)(H,29,30,31). The summed E-state index contributed by atoms with van der Waals surface area (Å²) in [6.07, 6.45) is 2.42. The van der Waals surface area contributed by atoms with E-state index in [0.29, 0.717) is 0 Å². The third-order valence-electron chi connectivity index (χ3n) is 4.07. The number of benzene rings is 1. The minimum atomic E-state index is -4.73. The highest BCUT2D eigenvalue weighted by Crippen LogP contribution is 2.34. The van der Waals surface area contributed by atoms with Crippen LogP contribution in [0.5, 0.6) is 0 Å². The van der Waals surface area contributed by atoms with Crippen LogP contribution in [0.3, 0.4) is 0 Å². The van der Waals surface area contributed by atoms with E-state index in [1.54, 1.807) is 0 Å². The van der Waals surface area contributed by atoms with Gasteiger partial charge in [0.2, 0.25) is 0 Å². The van der Waals surface area contributed by atoms with Gasteiger partial charge in [0, 0.05) is 23.5 Å². The molecule has 174 valence electrons. The molecule has 0 saturated carbocycles. The summed E-state index contributed by atoms with van der Waals surface area (Å²) in [6, 6.07) is 3.76. The van der Waals surface area contributed by atoms with Crippen molar-refractivity contribution >= 4 is 38.2 Å². The van der Waals surface area contributed by atoms with Gasteiger partial charge in [-0.1, -0.05) is 0 Å². The molecule has 0 radical (unpaired) electrons. The van der Waals surface area contributed by atoms with Crippen molar-refractivity contribution in [3.8, 4) is 22.3 Å². The average molecular weight is 496 g/mol. The monoisotopic (exact) mass is 496 g/mol. The summed E-state index contributed by atoms with van der Waals surface area (Å²) in [4.78, 5) is 27.6. The van der Waals surface area contributed by atoms with E-state index < -0.39 is 26.6 Å². The van der Waals surface area contributed by atoms with Crippen LogP contribution in [0.4, 0.5) is 11.6 Å². The number of anilines is 2. The summed E-state index contributed by atoms with van der Waals surface area (Å²) in [6.45, 7) is 2.93.